The molecule has 2 heterocycles. The molecule has 5 heteroatoms. The second-order valence-corrected chi connectivity index (χ2v) is 7.87. The van der Waals surface area contributed by atoms with E-state index in [1.54, 1.807) is 0 Å². The SMILES string of the molecule is C[C@@H]1CN(C(=O)NCC2CCN(CCc3ccccc3)CC2)C[C@H](C)O1. The van der Waals surface area contributed by atoms with Gasteiger partial charge in [-0.3, -0.25) is 0 Å². The van der Waals surface area contributed by atoms with Crippen LogP contribution in [0, 0.1) is 5.92 Å². The van der Waals surface area contributed by atoms with Crippen LogP contribution >= 0.6 is 0 Å². The van der Waals surface area contributed by atoms with Crippen LogP contribution in [0.15, 0.2) is 30.3 Å². The zero-order valence-corrected chi connectivity index (χ0v) is 16.2. The highest BCUT2D eigenvalue weighted by atomic mass is 16.5. The molecule has 2 amide bonds. The molecule has 0 spiro atoms. The van der Waals surface area contributed by atoms with Crippen molar-refractivity contribution in [3.05, 3.63) is 35.9 Å². The average molecular weight is 360 g/mol. The predicted molar refractivity (Wildman–Crippen MR) is 104 cm³/mol. The molecule has 1 aromatic carbocycles. The van der Waals surface area contributed by atoms with Crippen molar-refractivity contribution in [2.75, 3.05) is 39.3 Å². The minimum absolute atomic E-state index is 0.0681. The van der Waals surface area contributed by atoms with E-state index in [1.807, 2.05) is 18.7 Å². The highest BCUT2D eigenvalue weighted by Gasteiger charge is 2.26. The fourth-order valence-electron chi connectivity index (χ4n) is 4.03. The first-order chi connectivity index (χ1) is 12.6. The number of carbonyl (C=O) groups excluding carboxylic acids is 1. The molecule has 2 atom stereocenters. The van der Waals surface area contributed by atoms with Gasteiger partial charge in [0.1, 0.15) is 0 Å². The molecule has 1 N–H and O–H groups in total. The van der Waals surface area contributed by atoms with Crippen molar-refractivity contribution in [1.82, 2.24) is 15.1 Å². The molecule has 0 radical (unpaired) electrons. The Morgan fingerprint density at radius 1 is 1.12 bits per heavy atom. The number of morpholine rings is 1. The van der Waals surface area contributed by atoms with Crippen molar-refractivity contribution in [3.63, 3.8) is 0 Å². The van der Waals surface area contributed by atoms with E-state index in [0.29, 0.717) is 19.0 Å². The number of amides is 2. The van der Waals surface area contributed by atoms with Gasteiger partial charge in [-0.1, -0.05) is 30.3 Å². The first kappa shape index (κ1) is 19.2. The lowest BCUT2D eigenvalue weighted by Crippen LogP contribution is -2.52. The number of piperidine rings is 1. The van der Waals surface area contributed by atoms with Crippen LogP contribution in [0.2, 0.25) is 0 Å². The Labute approximate surface area is 157 Å². The standard InChI is InChI=1S/C21H33N3O2/c1-17-15-24(16-18(2)26-17)21(25)22-14-20-9-12-23(13-10-20)11-8-19-6-4-3-5-7-19/h3-7,17-18,20H,8-16H2,1-2H3,(H,22,25)/t17-,18+. The Kier molecular flexibility index (Phi) is 6.92. The Bertz CT molecular complexity index is 548. The van der Waals surface area contributed by atoms with Crippen molar-refractivity contribution in [2.24, 2.45) is 5.92 Å². The van der Waals surface area contributed by atoms with Crippen LogP contribution < -0.4 is 5.32 Å². The summed E-state index contributed by atoms with van der Waals surface area (Å²) in [5.41, 5.74) is 1.41. The fraction of sp³-hybridized carbons (Fsp3) is 0.667. The number of benzene rings is 1. The molecule has 2 aliphatic heterocycles. The van der Waals surface area contributed by atoms with Gasteiger partial charge in [-0.05, 0) is 57.7 Å². The Morgan fingerprint density at radius 3 is 2.42 bits per heavy atom. The maximum Gasteiger partial charge on any atom is 0.317 e. The molecule has 2 fully saturated rings. The topological polar surface area (TPSA) is 44.8 Å². The third kappa shape index (κ3) is 5.71. The number of hydrogen-bond acceptors (Lipinski definition) is 3. The van der Waals surface area contributed by atoms with Gasteiger partial charge in [0.2, 0.25) is 0 Å². The van der Waals surface area contributed by atoms with E-state index >= 15 is 0 Å². The van der Waals surface area contributed by atoms with E-state index in [-0.39, 0.29) is 18.2 Å². The second kappa shape index (κ2) is 9.38. The van der Waals surface area contributed by atoms with Crippen molar-refractivity contribution < 1.29 is 9.53 Å². The summed E-state index contributed by atoms with van der Waals surface area (Å²) in [5, 5.41) is 3.15. The molecule has 5 nitrogen and oxygen atoms in total. The van der Waals surface area contributed by atoms with Crippen LogP contribution in [-0.2, 0) is 11.2 Å². The quantitative estimate of drug-likeness (QED) is 0.879. The third-order valence-electron chi connectivity index (χ3n) is 5.52. The van der Waals surface area contributed by atoms with E-state index in [0.717, 1.165) is 32.6 Å². The summed E-state index contributed by atoms with van der Waals surface area (Å²) in [7, 11) is 0. The molecule has 0 bridgehead atoms. The maximum absolute atomic E-state index is 12.4. The molecular formula is C21H33N3O2. The molecule has 2 aliphatic rings. The summed E-state index contributed by atoms with van der Waals surface area (Å²) in [5.74, 6) is 0.600. The van der Waals surface area contributed by atoms with Crippen LogP contribution in [0.25, 0.3) is 0 Å². The van der Waals surface area contributed by atoms with E-state index in [1.165, 1.54) is 18.4 Å². The molecule has 0 aliphatic carbocycles. The minimum atomic E-state index is 0.0681. The normalized spacial score (nSPS) is 25.2. The summed E-state index contributed by atoms with van der Waals surface area (Å²) >= 11 is 0. The average Bonchev–Trinajstić information content (AvgIpc) is 2.65. The lowest BCUT2D eigenvalue weighted by Gasteiger charge is -2.36. The van der Waals surface area contributed by atoms with Gasteiger partial charge in [-0.25, -0.2) is 4.79 Å². The number of likely N-dealkylation sites (tertiary alicyclic amines) is 1. The molecule has 0 saturated carbocycles. The summed E-state index contributed by atoms with van der Waals surface area (Å²) in [4.78, 5) is 16.9. The zero-order chi connectivity index (χ0) is 18.4. The Balaban J connectivity index is 1.33. The summed E-state index contributed by atoms with van der Waals surface area (Å²) in [6, 6.07) is 10.8. The van der Waals surface area contributed by atoms with Crippen molar-refractivity contribution in [2.45, 2.75) is 45.3 Å². The van der Waals surface area contributed by atoms with Crippen LogP contribution in [-0.4, -0.2) is 67.3 Å². The van der Waals surface area contributed by atoms with E-state index in [9.17, 15) is 4.79 Å². The molecule has 0 unspecified atom stereocenters. The van der Waals surface area contributed by atoms with Crippen LogP contribution in [0.3, 0.4) is 0 Å². The van der Waals surface area contributed by atoms with Gasteiger partial charge in [0.25, 0.3) is 0 Å². The number of nitrogens with one attached hydrogen (secondary N) is 1. The van der Waals surface area contributed by atoms with Gasteiger partial charge in [0, 0.05) is 26.2 Å². The van der Waals surface area contributed by atoms with Gasteiger partial charge >= 0.3 is 6.03 Å². The highest BCUT2D eigenvalue weighted by Crippen LogP contribution is 2.17. The van der Waals surface area contributed by atoms with Gasteiger partial charge in [-0.2, -0.15) is 0 Å². The number of hydrogen-bond donors (Lipinski definition) is 1. The number of nitrogens with zero attached hydrogens (tertiary/aromatic N) is 2. The number of urea groups is 1. The first-order valence-corrected chi connectivity index (χ1v) is 10.0. The number of rotatable bonds is 5. The molecule has 2 saturated heterocycles. The number of ether oxygens (including phenoxy) is 1. The van der Waals surface area contributed by atoms with Crippen LogP contribution in [0.5, 0.6) is 0 Å². The maximum atomic E-state index is 12.4. The molecular weight excluding hydrogens is 326 g/mol. The fourth-order valence-corrected chi connectivity index (χ4v) is 4.03. The van der Waals surface area contributed by atoms with Crippen molar-refractivity contribution >= 4 is 6.03 Å². The molecule has 26 heavy (non-hydrogen) atoms. The van der Waals surface area contributed by atoms with Crippen LogP contribution in [0.4, 0.5) is 4.79 Å². The Morgan fingerprint density at radius 2 is 1.77 bits per heavy atom. The monoisotopic (exact) mass is 359 g/mol. The largest absolute Gasteiger partial charge is 0.372 e. The lowest BCUT2D eigenvalue weighted by atomic mass is 9.96. The first-order valence-electron chi connectivity index (χ1n) is 10.0. The summed E-state index contributed by atoms with van der Waals surface area (Å²) in [6.07, 6.45) is 3.71. The van der Waals surface area contributed by atoms with Crippen molar-refractivity contribution in [1.29, 1.82) is 0 Å². The molecule has 1 aromatic rings. The molecule has 0 aromatic heterocycles. The molecule has 144 valence electrons. The van der Waals surface area contributed by atoms with E-state index < -0.39 is 0 Å². The van der Waals surface area contributed by atoms with Gasteiger partial charge < -0.3 is 19.9 Å². The highest BCUT2D eigenvalue weighted by molar-refractivity contribution is 5.74. The summed E-state index contributed by atoms with van der Waals surface area (Å²) < 4.78 is 5.70. The molecule has 3 rings (SSSR count). The predicted octanol–water partition coefficient (Wildman–Crippen LogP) is 2.76. The van der Waals surface area contributed by atoms with Crippen LogP contribution in [0.1, 0.15) is 32.3 Å². The minimum Gasteiger partial charge on any atom is -0.372 e. The third-order valence-corrected chi connectivity index (χ3v) is 5.52. The van der Waals surface area contributed by atoms with Gasteiger partial charge in [-0.15, -0.1) is 0 Å². The smallest absolute Gasteiger partial charge is 0.317 e. The lowest BCUT2D eigenvalue weighted by molar-refractivity contribution is -0.0546. The van der Waals surface area contributed by atoms with E-state index in [2.05, 4.69) is 40.5 Å². The van der Waals surface area contributed by atoms with Gasteiger partial charge in [0.05, 0.1) is 12.2 Å². The van der Waals surface area contributed by atoms with Crippen molar-refractivity contribution in [3.8, 4) is 0 Å². The number of carbonyl (C=O) groups is 1. The summed E-state index contributed by atoms with van der Waals surface area (Å²) in [6.45, 7) is 9.64. The zero-order valence-electron chi connectivity index (χ0n) is 16.2. The Hall–Kier alpha value is -1.59. The second-order valence-electron chi connectivity index (χ2n) is 7.87. The van der Waals surface area contributed by atoms with Gasteiger partial charge in [0.15, 0.2) is 0 Å². The van der Waals surface area contributed by atoms with E-state index in [4.69, 9.17) is 4.74 Å².